The van der Waals surface area contributed by atoms with E-state index in [1.54, 1.807) is 12.1 Å². The van der Waals surface area contributed by atoms with E-state index >= 15 is 33.6 Å². The summed E-state index contributed by atoms with van der Waals surface area (Å²) < 4.78 is 4.14. The highest BCUT2D eigenvalue weighted by atomic mass is 35.5. The zero-order valence-electron chi connectivity index (χ0n) is 68.0. The number of carbonyl (C=O) groups is 1. The Morgan fingerprint density at radius 2 is 0.617 bits per heavy atom. The number of aliphatic hydroxyl groups is 1. The summed E-state index contributed by atoms with van der Waals surface area (Å²) in [5.41, 5.74) is 5.69. The molecule has 0 fully saturated rings. The van der Waals surface area contributed by atoms with Crippen LogP contribution in [0.5, 0.6) is 0 Å². The maximum atomic E-state index is 17.9. The zero-order chi connectivity index (χ0) is 81.0. The van der Waals surface area contributed by atoms with Crippen molar-refractivity contribution in [2.45, 2.75) is 191 Å². The predicted molar refractivity (Wildman–Crippen MR) is 481 cm³/mol. The predicted octanol–water partition coefficient (Wildman–Crippen LogP) is 24.6. The number of anilines is 1. The van der Waals surface area contributed by atoms with Crippen LogP contribution in [-0.4, -0.2) is 24.7 Å². The van der Waals surface area contributed by atoms with E-state index in [9.17, 15) is 5.11 Å². The van der Waals surface area contributed by atoms with Crippen LogP contribution in [0.1, 0.15) is 251 Å². The van der Waals surface area contributed by atoms with Crippen molar-refractivity contribution in [2.75, 3.05) is 4.90 Å². The second-order valence-corrected chi connectivity index (χ2v) is 37.5. The van der Waals surface area contributed by atoms with Crippen LogP contribution in [0.4, 0.5) is 5.69 Å². The summed E-state index contributed by atoms with van der Waals surface area (Å²) >= 11 is 16.3. The van der Waals surface area contributed by atoms with Gasteiger partial charge in [0.25, 0.3) is 39.3 Å². The number of halogens is 2. The van der Waals surface area contributed by atoms with Crippen LogP contribution >= 0.6 is 23.2 Å². The lowest BCUT2D eigenvalue weighted by Gasteiger charge is -2.38. The van der Waals surface area contributed by atoms with Crippen molar-refractivity contribution in [1.82, 2.24) is 13.7 Å². The van der Waals surface area contributed by atoms with Gasteiger partial charge in [0, 0.05) is 107 Å². The van der Waals surface area contributed by atoms with Gasteiger partial charge in [-0.05, 0) is 195 Å². The van der Waals surface area contributed by atoms with Crippen LogP contribution in [0, 0.1) is 5.41 Å². The normalized spacial score (nSPS) is 14.7. The molecule has 19 aromatic rings. The van der Waals surface area contributed by atoms with Crippen LogP contribution in [0.25, 0.3) is 168 Å². The van der Waals surface area contributed by atoms with E-state index in [4.69, 9.17) is 23.2 Å². The summed E-state index contributed by atoms with van der Waals surface area (Å²) in [5, 5.41) is 26.3. The molecule has 0 bridgehead atoms. The average molecular weight is 1560 g/mol. The van der Waals surface area contributed by atoms with Gasteiger partial charge in [-0.15, -0.1) is 0 Å². The van der Waals surface area contributed by atoms with E-state index < -0.39 is 45.5 Å². The summed E-state index contributed by atoms with van der Waals surface area (Å²) in [6, 6.07) is 38.7. The SMILES string of the molecule is CC(C)c1cccc(C(C)C)c1N1C(=O)c2cc(Cl)c3c4c(Cl)cc5c(=O)n(-c6c(C(C)C)cccc6C(C)C)c(=O)c6c5c4c4c5c(cc(c2c35)C1O)c1c2c(=O)n(-c3c(C(C)C)cccc3C(C)C)c(=O)c3ccc5c7ccc8c(=O)n(-c9c(C(C)C)cccc9C(C)CCC(C)(C)C)c(=O)c9cc%10c6c4c1c(c5c32)c%10c7c89. The van der Waals surface area contributed by atoms with Crippen LogP contribution in [-0.2, 0) is 0 Å². The summed E-state index contributed by atoms with van der Waals surface area (Å²) in [4.78, 5) is 121. The number of benzene rings is 16. The molecule has 2 atom stereocenters. The van der Waals surface area contributed by atoms with Crippen molar-refractivity contribution in [3.8, 4) is 17.1 Å². The lowest BCUT2D eigenvalue weighted by atomic mass is 9.73. The maximum Gasteiger partial charge on any atom is 0.266 e. The van der Waals surface area contributed by atoms with Gasteiger partial charge in [-0.3, -0.25) is 38.5 Å². The molecule has 4 heterocycles. The molecule has 0 aliphatic carbocycles. The minimum atomic E-state index is -1.67. The van der Waals surface area contributed by atoms with Gasteiger partial charge in [-0.25, -0.2) is 13.7 Å². The quantitative estimate of drug-likeness (QED) is 0.0832. The Balaban J connectivity index is 1.12. The third kappa shape index (κ3) is 9.28. The van der Waals surface area contributed by atoms with Gasteiger partial charge in [0.1, 0.15) is 0 Å². The van der Waals surface area contributed by atoms with Crippen molar-refractivity contribution < 1.29 is 9.90 Å². The van der Waals surface area contributed by atoms with Gasteiger partial charge in [0.05, 0.1) is 38.9 Å². The van der Waals surface area contributed by atoms with Gasteiger partial charge in [0.2, 0.25) is 0 Å². The second kappa shape index (κ2) is 24.6. The highest BCUT2D eigenvalue weighted by Crippen LogP contribution is 2.63. The number of para-hydroxylation sites is 4. The van der Waals surface area contributed by atoms with Gasteiger partial charge in [-0.2, -0.15) is 0 Å². The number of hydrogen-bond donors (Lipinski definition) is 1. The Morgan fingerprint density at radius 1 is 0.313 bits per heavy atom. The molecule has 1 amide bonds. The fraction of sp³-hybridized carbons (Fsp3) is 0.297. The van der Waals surface area contributed by atoms with Crippen molar-refractivity contribution in [3.63, 3.8) is 0 Å². The Kier molecular flexibility index (Phi) is 15.6. The molecule has 0 saturated heterocycles. The first kappa shape index (κ1) is 73.0. The Hall–Kier alpha value is -10.9. The Bertz CT molecular complexity index is 7850. The molecular weight excluding hydrogens is 1470 g/mol. The smallest absolute Gasteiger partial charge is 0.266 e. The number of amides is 1. The lowest BCUT2D eigenvalue weighted by Crippen LogP contribution is -2.40. The first-order chi connectivity index (χ1) is 54.7. The summed E-state index contributed by atoms with van der Waals surface area (Å²) in [5.74, 6) is -1.64. The number of carbonyl (C=O) groups excluding carboxylic acids is 1. The van der Waals surface area contributed by atoms with E-state index in [1.807, 2.05) is 131 Å². The standard InChI is InChI=1S/C101H88Cl2N4O8/c1-41(2)49-23-19-24-50(42(3)4)89(49)104-96(111)64-38-62-75-81-70(64)65(97(104)112)39-67(102)79(81)80-68(103)40-66-78-83(80)84(75)86-76(88(78)100(115)107(98(66)113)91-53(45(9)10)27-21-28-54(91)46(11)12)61-37-63-69-59(93(108)105(95(63)110)92-55(47(13)14)29-22-30-56(92)48(15)35-36-101(16,17)18)33-31-57-58-32-34-60-73-72(58)82(74(61)71(57)69)85(86)77(62)87(73)99(114)106(94(60)109)90-51(43(5)6)25-20-26-52(90)44(7)8/h19-34,37-48,96,111H,35-36H2,1-18H3. The molecule has 0 spiro atoms. The Labute approximate surface area is 672 Å². The van der Waals surface area contributed by atoms with E-state index in [-0.39, 0.29) is 95.3 Å². The number of fused-ring (bicyclic) bond motifs is 6. The number of hydrogen-bond acceptors (Lipinski definition) is 8. The largest absolute Gasteiger partial charge is 0.369 e. The van der Waals surface area contributed by atoms with Crippen molar-refractivity contribution >= 4 is 186 Å². The summed E-state index contributed by atoms with van der Waals surface area (Å²) in [6.45, 7) is 37.7. The molecule has 3 aromatic heterocycles. The number of pyridine rings is 3. The third-order valence-electron chi connectivity index (χ3n) is 26.5. The molecule has 574 valence electrons. The van der Waals surface area contributed by atoms with E-state index in [2.05, 4.69) is 103 Å². The van der Waals surface area contributed by atoms with Gasteiger partial charge >= 0.3 is 0 Å². The maximum absolute atomic E-state index is 17.9. The van der Waals surface area contributed by atoms with E-state index in [0.29, 0.717) is 152 Å². The first-order valence-corrected chi connectivity index (χ1v) is 41.7. The second-order valence-electron chi connectivity index (χ2n) is 36.7. The summed E-state index contributed by atoms with van der Waals surface area (Å²) in [7, 11) is 0. The monoisotopic (exact) mass is 1550 g/mol. The molecule has 14 heteroatoms. The highest BCUT2D eigenvalue weighted by molar-refractivity contribution is 6.63. The molecule has 1 aliphatic rings. The number of aliphatic hydroxyl groups excluding tert-OH is 1. The molecule has 0 radical (unpaired) electrons. The fourth-order valence-corrected chi connectivity index (χ4v) is 22.0. The third-order valence-corrected chi connectivity index (χ3v) is 27.1. The molecule has 1 N–H and O–H groups in total. The van der Waals surface area contributed by atoms with Gasteiger partial charge in [0.15, 0.2) is 6.23 Å². The van der Waals surface area contributed by atoms with Gasteiger partial charge in [-0.1, -0.05) is 233 Å². The number of rotatable bonds is 14. The Morgan fingerprint density at radius 3 is 1.07 bits per heavy atom. The molecular formula is C101H88Cl2N4O8. The molecule has 20 rings (SSSR count). The lowest BCUT2D eigenvalue weighted by molar-refractivity contribution is 0.0878. The van der Waals surface area contributed by atoms with Crippen LogP contribution < -0.4 is 38.3 Å². The minimum absolute atomic E-state index is 0.00927. The van der Waals surface area contributed by atoms with Crippen molar-refractivity contribution in [3.05, 3.63) is 249 Å². The number of aromatic nitrogens is 3. The van der Waals surface area contributed by atoms with Crippen LogP contribution in [0.3, 0.4) is 0 Å². The minimum Gasteiger partial charge on any atom is -0.369 e. The zero-order valence-corrected chi connectivity index (χ0v) is 69.5. The van der Waals surface area contributed by atoms with E-state index in [0.717, 1.165) is 57.3 Å². The van der Waals surface area contributed by atoms with Crippen LogP contribution in [0.2, 0.25) is 10.0 Å². The highest BCUT2D eigenvalue weighted by Gasteiger charge is 2.43. The molecule has 12 nitrogen and oxygen atoms in total. The molecule has 2 unspecified atom stereocenters. The number of nitrogens with zero attached hydrogens (tertiary/aromatic N) is 4. The van der Waals surface area contributed by atoms with Gasteiger partial charge < -0.3 is 5.11 Å². The topological polar surface area (TPSA) is 158 Å². The van der Waals surface area contributed by atoms with Crippen LogP contribution in [0.15, 0.2) is 150 Å². The fourth-order valence-electron chi connectivity index (χ4n) is 21.4. The average Bonchev–Trinajstić information content (AvgIpc) is 0.634. The van der Waals surface area contributed by atoms with Crippen molar-refractivity contribution in [1.29, 1.82) is 0 Å². The molecule has 1 aliphatic heterocycles. The van der Waals surface area contributed by atoms with Crippen molar-refractivity contribution in [2.24, 2.45) is 5.41 Å². The van der Waals surface area contributed by atoms with E-state index in [1.165, 1.54) is 18.6 Å². The molecule has 115 heavy (non-hydrogen) atoms. The molecule has 0 saturated carbocycles. The molecule has 16 aromatic carbocycles. The first-order valence-electron chi connectivity index (χ1n) is 40.9. The summed E-state index contributed by atoms with van der Waals surface area (Å²) in [6.07, 6.45) is -0.00493.